The minimum atomic E-state index is -0.360. The zero-order valence-electron chi connectivity index (χ0n) is 15.9. The molecule has 3 aromatic rings. The van der Waals surface area contributed by atoms with Gasteiger partial charge in [0.2, 0.25) is 0 Å². The maximum absolute atomic E-state index is 12.6. The van der Waals surface area contributed by atoms with Crippen LogP contribution in [0.3, 0.4) is 0 Å². The predicted octanol–water partition coefficient (Wildman–Crippen LogP) is 4.62. The Hall–Kier alpha value is -3.12. The Morgan fingerprint density at radius 2 is 1.89 bits per heavy atom. The van der Waals surface area contributed by atoms with Crippen molar-refractivity contribution in [3.63, 3.8) is 0 Å². The quantitative estimate of drug-likeness (QED) is 0.635. The molecule has 0 radical (unpaired) electrons. The molecule has 0 aliphatic rings. The Morgan fingerprint density at radius 1 is 1.11 bits per heavy atom. The number of nitrogens with one attached hydrogen (secondary N) is 2. The van der Waals surface area contributed by atoms with Crippen LogP contribution >= 0.6 is 11.6 Å². The molecular formula is C21H21ClN4O2. The van der Waals surface area contributed by atoms with Crippen LogP contribution in [0.4, 0.5) is 11.5 Å². The molecule has 1 aromatic heterocycles. The summed E-state index contributed by atoms with van der Waals surface area (Å²) < 4.78 is 5.30. The van der Waals surface area contributed by atoms with Crippen LogP contribution < -0.4 is 15.4 Å². The molecule has 0 saturated heterocycles. The van der Waals surface area contributed by atoms with Crippen molar-refractivity contribution in [1.29, 1.82) is 0 Å². The third-order valence-corrected chi connectivity index (χ3v) is 4.76. The van der Waals surface area contributed by atoms with Crippen molar-refractivity contribution in [3.05, 3.63) is 76.2 Å². The third kappa shape index (κ3) is 4.58. The lowest BCUT2D eigenvalue weighted by Gasteiger charge is -2.12. The first-order valence-electron chi connectivity index (χ1n) is 8.74. The fourth-order valence-corrected chi connectivity index (χ4v) is 2.84. The Bertz CT molecular complexity index is 1010. The highest BCUT2D eigenvalue weighted by Gasteiger charge is 2.14. The Morgan fingerprint density at radius 3 is 2.64 bits per heavy atom. The van der Waals surface area contributed by atoms with E-state index in [0.29, 0.717) is 28.8 Å². The predicted molar refractivity (Wildman–Crippen MR) is 111 cm³/mol. The number of rotatable bonds is 6. The van der Waals surface area contributed by atoms with Gasteiger partial charge in [0.15, 0.2) is 0 Å². The Balaban J connectivity index is 1.74. The minimum Gasteiger partial charge on any atom is -0.495 e. The van der Waals surface area contributed by atoms with Crippen LogP contribution in [-0.4, -0.2) is 23.0 Å². The number of halogens is 1. The number of aromatic nitrogens is 2. The number of amides is 1. The number of carbonyl (C=O) groups excluding carboxylic acids is 1. The molecule has 28 heavy (non-hydrogen) atoms. The molecule has 6 nitrogen and oxygen atoms in total. The van der Waals surface area contributed by atoms with Gasteiger partial charge in [-0.3, -0.25) is 4.79 Å². The first kappa shape index (κ1) is 19.6. The number of nitrogens with zero attached hydrogens (tertiary/aromatic N) is 2. The monoisotopic (exact) mass is 396 g/mol. The van der Waals surface area contributed by atoms with Crippen molar-refractivity contribution >= 4 is 29.0 Å². The van der Waals surface area contributed by atoms with Gasteiger partial charge in [-0.25, -0.2) is 9.97 Å². The van der Waals surface area contributed by atoms with Gasteiger partial charge in [-0.1, -0.05) is 35.9 Å². The average Bonchev–Trinajstić information content (AvgIpc) is 2.70. The lowest BCUT2D eigenvalue weighted by atomic mass is 10.1. The summed E-state index contributed by atoms with van der Waals surface area (Å²) in [6.45, 7) is 4.52. The van der Waals surface area contributed by atoms with Crippen molar-refractivity contribution < 1.29 is 9.53 Å². The van der Waals surface area contributed by atoms with Crippen LogP contribution in [-0.2, 0) is 6.54 Å². The molecule has 0 bridgehead atoms. The van der Waals surface area contributed by atoms with Gasteiger partial charge >= 0.3 is 0 Å². The number of benzene rings is 2. The second-order valence-corrected chi connectivity index (χ2v) is 6.73. The molecule has 1 amide bonds. The third-order valence-electron chi connectivity index (χ3n) is 4.35. The highest BCUT2D eigenvalue weighted by atomic mass is 35.5. The first-order valence-corrected chi connectivity index (χ1v) is 9.11. The average molecular weight is 397 g/mol. The van der Waals surface area contributed by atoms with E-state index in [-0.39, 0.29) is 11.6 Å². The van der Waals surface area contributed by atoms with Gasteiger partial charge in [-0.05, 0) is 36.6 Å². The number of ether oxygens (including phenoxy) is 1. The molecular weight excluding hydrogens is 376 g/mol. The smallest absolute Gasteiger partial charge is 0.274 e. The molecule has 0 aliphatic carbocycles. The molecule has 2 aromatic carbocycles. The molecule has 0 spiro atoms. The van der Waals surface area contributed by atoms with Crippen molar-refractivity contribution in [2.24, 2.45) is 0 Å². The minimum absolute atomic E-state index is 0.247. The summed E-state index contributed by atoms with van der Waals surface area (Å²) >= 11 is 6.11. The summed E-state index contributed by atoms with van der Waals surface area (Å²) in [7, 11) is 1.52. The maximum Gasteiger partial charge on any atom is 0.274 e. The van der Waals surface area contributed by atoms with Crippen LogP contribution in [0.25, 0.3) is 0 Å². The molecule has 2 N–H and O–H groups in total. The van der Waals surface area contributed by atoms with Crippen molar-refractivity contribution in [1.82, 2.24) is 9.97 Å². The van der Waals surface area contributed by atoms with Crippen LogP contribution in [0, 0.1) is 13.8 Å². The summed E-state index contributed by atoms with van der Waals surface area (Å²) in [5.41, 5.74) is 3.96. The van der Waals surface area contributed by atoms with Gasteiger partial charge in [-0.15, -0.1) is 0 Å². The van der Waals surface area contributed by atoms with Crippen LogP contribution in [0.15, 0.2) is 48.8 Å². The molecule has 0 saturated carbocycles. The van der Waals surface area contributed by atoms with Gasteiger partial charge in [0.1, 0.15) is 23.6 Å². The highest BCUT2D eigenvalue weighted by Crippen LogP contribution is 2.31. The summed E-state index contributed by atoms with van der Waals surface area (Å²) in [6, 6.07) is 13.1. The highest BCUT2D eigenvalue weighted by molar-refractivity contribution is 6.31. The molecule has 0 aliphatic heterocycles. The van der Waals surface area contributed by atoms with E-state index >= 15 is 0 Å². The molecule has 0 fully saturated rings. The molecule has 3 rings (SSSR count). The Kier molecular flexibility index (Phi) is 6.11. The first-order chi connectivity index (χ1) is 13.5. The zero-order chi connectivity index (χ0) is 20.1. The van der Waals surface area contributed by atoms with E-state index in [0.717, 1.165) is 11.1 Å². The molecule has 1 heterocycles. The fourth-order valence-electron chi connectivity index (χ4n) is 2.69. The summed E-state index contributed by atoms with van der Waals surface area (Å²) in [4.78, 5) is 20.9. The molecule has 144 valence electrons. The zero-order valence-corrected chi connectivity index (χ0v) is 16.7. The lowest BCUT2D eigenvalue weighted by molar-refractivity contribution is 0.102. The second kappa shape index (κ2) is 8.71. The van der Waals surface area contributed by atoms with Gasteiger partial charge < -0.3 is 15.4 Å². The van der Waals surface area contributed by atoms with E-state index in [4.69, 9.17) is 16.3 Å². The normalized spacial score (nSPS) is 10.4. The molecule has 7 heteroatoms. The van der Waals surface area contributed by atoms with E-state index in [1.165, 1.54) is 19.0 Å². The number of carbonyl (C=O) groups is 1. The van der Waals surface area contributed by atoms with Gasteiger partial charge in [0.25, 0.3) is 5.91 Å². The number of aryl methyl sites for hydroxylation is 2. The molecule has 0 unspecified atom stereocenters. The largest absolute Gasteiger partial charge is 0.495 e. The summed E-state index contributed by atoms with van der Waals surface area (Å²) in [5, 5.41) is 6.61. The fraction of sp³-hybridized carbons (Fsp3) is 0.190. The Labute approximate surface area is 168 Å². The van der Waals surface area contributed by atoms with Crippen LogP contribution in [0.5, 0.6) is 5.75 Å². The maximum atomic E-state index is 12.6. The van der Waals surface area contributed by atoms with E-state index in [2.05, 4.69) is 33.6 Å². The molecule has 0 atom stereocenters. The summed E-state index contributed by atoms with van der Waals surface area (Å²) in [5.74, 6) is 0.694. The van der Waals surface area contributed by atoms with Gasteiger partial charge in [0, 0.05) is 23.7 Å². The topological polar surface area (TPSA) is 76.1 Å². The standard InChI is InChI=1S/C21H21ClN4O2/c1-13-6-4-5-7-15(13)11-23-20-10-18(24-12-25-20)21(27)26-17-8-14(2)16(22)9-19(17)28-3/h4-10,12H,11H2,1-3H3,(H,26,27)(H,23,24,25). The van der Waals surface area contributed by atoms with Crippen LogP contribution in [0.1, 0.15) is 27.2 Å². The second-order valence-electron chi connectivity index (χ2n) is 6.32. The van der Waals surface area contributed by atoms with E-state index < -0.39 is 0 Å². The number of methoxy groups -OCH3 is 1. The lowest BCUT2D eigenvalue weighted by Crippen LogP contribution is -2.15. The van der Waals surface area contributed by atoms with E-state index in [9.17, 15) is 4.79 Å². The summed E-state index contributed by atoms with van der Waals surface area (Å²) in [6.07, 6.45) is 1.36. The van der Waals surface area contributed by atoms with Gasteiger partial charge in [0.05, 0.1) is 12.8 Å². The van der Waals surface area contributed by atoms with E-state index in [1.54, 1.807) is 18.2 Å². The van der Waals surface area contributed by atoms with Crippen molar-refractivity contribution in [2.45, 2.75) is 20.4 Å². The van der Waals surface area contributed by atoms with Crippen molar-refractivity contribution in [3.8, 4) is 5.75 Å². The van der Waals surface area contributed by atoms with E-state index in [1.807, 2.05) is 25.1 Å². The number of hydrogen-bond acceptors (Lipinski definition) is 5. The number of hydrogen-bond donors (Lipinski definition) is 2. The van der Waals surface area contributed by atoms with Crippen molar-refractivity contribution in [2.75, 3.05) is 17.7 Å². The van der Waals surface area contributed by atoms with Crippen LogP contribution in [0.2, 0.25) is 5.02 Å². The number of anilines is 2. The van der Waals surface area contributed by atoms with Gasteiger partial charge in [-0.2, -0.15) is 0 Å². The SMILES string of the molecule is COc1cc(Cl)c(C)cc1NC(=O)c1cc(NCc2ccccc2C)ncn1.